The van der Waals surface area contributed by atoms with Gasteiger partial charge in [0.25, 0.3) is 0 Å². The molecule has 3 nitrogen and oxygen atoms in total. The second kappa shape index (κ2) is 5.32. The van der Waals surface area contributed by atoms with Crippen LogP contribution in [0.4, 0.5) is 0 Å². The summed E-state index contributed by atoms with van der Waals surface area (Å²) < 4.78 is 6.42. The van der Waals surface area contributed by atoms with Crippen LogP contribution in [0, 0.1) is 0 Å². The van der Waals surface area contributed by atoms with E-state index in [1.165, 1.54) is 0 Å². The highest BCUT2D eigenvalue weighted by Gasteiger charge is 2.04. The van der Waals surface area contributed by atoms with Crippen molar-refractivity contribution < 1.29 is 4.74 Å². The zero-order valence-electron chi connectivity index (χ0n) is 8.55. The standard InChI is InChI=1S/C11H9BrN2OS/c1-16-10-5-3-2-4-9(10)15-11-13-6-8(12)7-14-11/h2-7H,1H3. The van der Waals surface area contributed by atoms with Crippen LogP contribution in [-0.2, 0) is 0 Å². The Kier molecular flexibility index (Phi) is 3.79. The van der Waals surface area contributed by atoms with E-state index in [1.54, 1.807) is 24.2 Å². The van der Waals surface area contributed by atoms with Crippen molar-refractivity contribution in [3.05, 3.63) is 41.1 Å². The van der Waals surface area contributed by atoms with Gasteiger partial charge in [-0.15, -0.1) is 11.8 Å². The number of hydrogen-bond acceptors (Lipinski definition) is 4. The fraction of sp³-hybridized carbons (Fsp3) is 0.0909. The van der Waals surface area contributed by atoms with Gasteiger partial charge in [0, 0.05) is 17.3 Å². The minimum atomic E-state index is 0.352. The zero-order chi connectivity index (χ0) is 11.4. The first-order valence-electron chi connectivity index (χ1n) is 4.58. The van der Waals surface area contributed by atoms with Crippen LogP contribution in [0.5, 0.6) is 11.8 Å². The van der Waals surface area contributed by atoms with E-state index in [0.29, 0.717) is 6.01 Å². The van der Waals surface area contributed by atoms with E-state index in [-0.39, 0.29) is 0 Å². The van der Waals surface area contributed by atoms with Crippen LogP contribution in [0.25, 0.3) is 0 Å². The Morgan fingerprint density at radius 3 is 2.56 bits per heavy atom. The zero-order valence-corrected chi connectivity index (χ0v) is 11.0. The van der Waals surface area contributed by atoms with Gasteiger partial charge in [-0.3, -0.25) is 0 Å². The quantitative estimate of drug-likeness (QED) is 0.808. The maximum atomic E-state index is 5.59. The predicted octanol–water partition coefficient (Wildman–Crippen LogP) is 3.75. The molecule has 0 aliphatic heterocycles. The van der Waals surface area contributed by atoms with Crippen LogP contribution in [0.1, 0.15) is 0 Å². The Morgan fingerprint density at radius 1 is 1.19 bits per heavy atom. The first-order valence-corrected chi connectivity index (χ1v) is 6.60. The molecule has 0 fully saturated rings. The number of para-hydroxylation sites is 1. The molecule has 0 radical (unpaired) electrons. The number of aromatic nitrogens is 2. The molecule has 1 heterocycles. The Morgan fingerprint density at radius 2 is 1.88 bits per heavy atom. The van der Waals surface area contributed by atoms with Crippen molar-refractivity contribution in [2.75, 3.05) is 6.26 Å². The van der Waals surface area contributed by atoms with Crippen LogP contribution < -0.4 is 4.74 Å². The summed E-state index contributed by atoms with van der Waals surface area (Å²) in [5.41, 5.74) is 0. The summed E-state index contributed by atoms with van der Waals surface area (Å²) in [6.45, 7) is 0. The Bertz CT molecular complexity index is 476. The Hall–Kier alpha value is -1.07. The molecule has 2 rings (SSSR count). The van der Waals surface area contributed by atoms with Crippen molar-refractivity contribution in [3.8, 4) is 11.8 Å². The lowest BCUT2D eigenvalue weighted by Crippen LogP contribution is -1.91. The molecule has 0 saturated carbocycles. The van der Waals surface area contributed by atoms with E-state index in [4.69, 9.17) is 4.74 Å². The second-order valence-electron chi connectivity index (χ2n) is 2.94. The van der Waals surface area contributed by atoms with Crippen LogP contribution in [0.15, 0.2) is 46.0 Å². The number of hydrogen-bond donors (Lipinski definition) is 0. The lowest BCUT2D eigenvalue weighted by molar-refractivity contribution is 0.431. The van der Waals surface area contributed by atoms with Gasteiger partial charge >= 0.3 is 6.01 Å². The third-order valence-corrected chi connectivity index (χ3v) is 3.05. The van der Waals surface area contributed by atoms with Crippen molar-refractivity contribution in [2.45, 2.75) is 4.90 Å². The minimum Gasteiger partial charge on any atom is -0.423 e. The molecule has 0 unspecified atom stereocenters. The summed E-state index contributed by atoms with van der Waals surface area (Å²) in [6.07, 6.45) is 5.32. The number of nitrogens with zero attached hydrogens (tertiary/aromatic N) is 2. The summed E-state index contributed by atoms with van der Waals surface area (Å²) in [5.74, 6) is 0.775. The summed E-state index contributed by atoms with van der Waals surface area (Å²) in [6, 6.07) is 8.15. The molecule has 0 amide bonds. The normalized spacial score (nSPS) is 10.1. The van der Waals surface area contributed by atoms with Crippen LogP contribution >= 0.6 is 27.7 Å². The molecule has 2 aromatic rings. The number of thioether (sulfide) groups is 1. The van der Waals surface area contributed by atoms with E-state index >= 15 is 0 Å². The average molecular weight is 297 g/mol. The first-order chi connectivity index (χ1) is 7.79. The molecule has 1 aromatic carbocycles. The summed E-state index contributed by atoms with van der Waals surface area (Å²) in [5, 5.41) is 0. The van der Waals surface area contributed by atoms with E-state index in [0.717, 1.165) is 15.1 Å². The van der Waals surface area contributed by atoms with Crippen molar-refractivity contribution >= 4 is 27.7 Å². The molecule has 1 aromatic heterocycles. The lowest BCUT2D eigenvalue weighted by atomic mass is 10.3. The van der Waals surface area contributed by atoms with Crippen LogP contribution in [-0.4, -0.2) is 16.2 Å². The minimum absolute atomic E-state index is 0.352. The summed E-state index contributed by atoms with van der Waals surface area (Å²) in [4.78, 5) is 9.18. The average Bonchev–Trinajstić information content (AvgIpc) is 2.33. The van der Waals surface area contributed by atoms with Crippen LogP contribution in [0.2, 0.25) is 0 Å². The van der Waals surface area contributed by atoms with Gasteiger partial charge in [0.1, 0.15) is 5.75 Å². The fourth-order valence-corrected chi connectivity index (χ4v) is 1.88. The molecule has 0 aliphatic carbocycles. The summed E-state index contributed by atoms with van der Waals surface area (Å²) >= 11 is 4.90. The van der Waals surface area contributed by atoms with Gasteiger partial charge in [-0.2, -0.15) is 0 Å². The second-order valence-corrected chi connectivity index (χ2v) is 4.70. The molecular weight excluding hydrogens is 288 g/mol. The van der Waals surface area contributed by atoms with Gasteiger partial charge in [-0.25, -0.2) is 9.97 Å². The van der Waals surface area contributed by atoms with E-state index in [2.05, 4.69) is 25.9 Å². The third kappa shape index (κ3) is 2.74. The molecule has 0 aliphatic rings. The van der Waals surface area contributed by atoms with E-state index in [9.17, 15) is 0 Å². The van der Waals surface area contributed by atoms with Crippen molar-refractivity contribution in [2.24, 2.45) is 0 Å². The van der Waals surface area contributed by atoms with Gasteiger partial charge in [0.15, 0.2) is 0 Å². The molecule has 0 atom stereocenters. The smallest absolute Gasteiger partial charge is 0.321 e. The van der Waals surface area contributed by atoms with Crippen molar-refractivity contribution in [1.29, 1.82) is 0 Å². The molecular formula is C11H9BrN2OS. The molecule has 0 N–H and O–H groups in total. The topological polar surface area (TPSA) is 35.0 Å². The summed E-state index contributed by atoms with van der Waals surface area (Å²) in [7, 11) is 0. The van der Waals surface area contributed by atoms with Gasteiger partial charge in [-0.05, 0) is 34.3 Å². The first kappa shape index (κ1) is 11.4. The van der Waals surface area contributed by atoms with E-state index < -0.39 is 0 Å². The molecule has 0 bridgehead atoms. The lowest BCUT2D eigenvalue weighted by Gasteiger charge is -2.06. The molecule has 0 saturated heterocycles. The largest absolute Gasteiger partial charge is 0.423 e. The molecule has 0 spiro atoms. The number of halogens is 1. The van der Waals surface area contributed by atoms with Gasteiger partial charge in [0.05, 0.1) is 4.47 Å². The maximum absolute atomic E-state index is 5.59. The van der Waals surface area contributed by atoms with E-state index in [1.807, 2.05) is 30.5 Å². The van der Waals surface area contributed by atoms with Gasteiger partial charge in [-0.1, -0.05) is 12.1 Å². The highest BCUT2D eigenvalue weighted by molar-refractivity contribution is 9.10. The molecule has 82 valence electrons. The van der Waals surface area contributed by atoms with Gasteiger partial charge in [0.2, 0.25) is 0 Å². The van der Waals surface area contributed by atoms with Crippen molar-refractivity contribution in [1.82, 2.24) is 9.97 Å². The van der Waals surface area contributed by atoms with Crippen LogP contribution in [0.3, 0.4) is 0 Å². The Labute approximate surface area is 106 Å². The molecule has 16 heavy (non-hydrogen) atoms. The molecule has 5 heteroatoms. The number of ether oxygens (including phenoxy) is 1. The SMILES string of the molecule is CSc1ccccc1Oc1ncc(Br)cn1. The number of rotatable bonds is 3. The highest BCUT2D eigenvalue weighted by atomic mass is 79.9. The highest BCUT2D eigenvalue weighted by Crippen LogP contribution is 2.29. The van der Waals surface area contributed by atoms with Gasteiger partial charge < -0.3 is 4.74 Å². The third-order valence-electron chi connectivity index (χ3n) is 1.87. The maximum Gasteiger partial charge on any atom is 0.321 e. The monoisotopic (exact) mass is 296 g/mol. The van der Waals surface area contributed by atoms with Crippen molar-refractivity contribution in [3.63, 3.8) is 0 Å². The fourth-order valence-electron chi connectivity index (χ4n) is 1.15. The predicted molar refractivity (Wildman–Crippen MR) is 68.0 cm³/mol. The number of benzene rings is 1. The Balaban J connectivity index is 2.23.